The molecule has 2 aliphatic heterocycles. The van der Waals surface area contributed by atoms with Crippen LogP contribution in [0.25, 0.3) is 0 Å². The lowest BCUT2D eigenvalue weighted by Gasteiger charge is -2.40. The van der Waals surface area contributed by atoms with Crippen LogP contribution < -0.4 is 5.73 Å². The zero-order valence-electron chi connectivity index (χ0n) is 12.5. The number of hydrogen-bond donors (Lipinski definition) is 1. The van der Waals surface area contributed by atoms with E-state index in [2.05, 4.69) is 9.80 Å². The Morgan fingerprint density at radius 3 is 2.15 bits per heavy atom. The van der Waals surface area contributed by atoms with Gasteiger partial charge in [-0.05, 0) is 51.9 Å². The molecule has 0 aliphatic carbocycles. The van der Waals surface area contributed by atoms with Gasteiger partial charge in [0.2, 0.25) is 0 Å². The lowest BCUT2D eigenvalue weighted by atomic mass is 10.00. The fourth-order valence-electron chi connectivity index (χ4n) is 3.17. The molecule has 2 N–H and O–H groups in total. The van der Waals surface area contributed by atoms with Gasteiger partial charge in [0.15, 0.2) is 0 Å². The first-order chi connectivity index (χ1) is 8.90. The smallest absolute Gasteiger partial charge is 0.0594 e. The Bertz CT molecular complexity index is 220. The largest absolute Gasteiger partial charge is 0.379 e. The van der Waals surface area contributed by atoms with Crippen LogP contribution in [0.3, 0.4) is 0 Å². The fourth-order valence-corrected chi connectivity index (χ4v) is 3.17. The molecular formula is C14H31Cl2N3O. The Balaban J connectivity index is 0.00000180. The maximum absolute atomic E-state index is 5.45. The molecule has 0 radical (unpaired) electrons. The second-order valence-electron chi connectivity index (χ2n) is 5.57. The molecule has 0 amide bonds. The molecule has 2 heterocycles. The number of likely N-dealkylation sites (tertiary alicyclic amines) is 2. The van der Waals surface area contributed by atoms with E-state index in [0.717, 1.165) is 19.2 Å². The molecule has 2 fully saturated rings. The van der Waals surface area contributed by atoms with Crippen molar-refractivity contribution in [3.05, 3.63) is 0 Å². The van der Waals surface area contributed by atoms with Crippen molar-refractivity contribution in [3.63, 3.8) is 0 Å². The number of rotatable bonds is 6. The summed E-state index contributed by atoms with van der Waals surface area (Å²) in [6, 6.07) is 0.853. The number of hydrogen-bond acceptors (Lipinski definition) is 4. The van der Waals surface area contributed by atoms with Crippen LogP contribution in [-0.4, -0.2) is 68.3 Å². The number of nitrogens with zero attached hydrogens (tertiary/aromatic N) is 2. The molecule has 0 bridgehead atoms. The maximum Gasteiger partial charge on any atom is 0.0594 e. The summed E-state index contributed by atoms with van der Waals surface area (Å²) in [5, 5.41) is 0. The van der Waals surface area contributed by atoms with Gasteiger partial charge in [0.25, 0.3) is 0 Å². The first kappa shape index (κ1) is 20.4. The lowest BCUT2D eigenvalue weighted by Crippen LogP contribution is -2.47. The van der Waals surface area contributed by atoms with E-state index >= 15 is 0 Å². The first-order valence-corrected chi connectivity index (χ1v) is 7.64. The van der Waals surface area contributed by atoms with Crippen molar-refractivity contribution in [2.45, 2.75) is 38.1 Å². The van der Waals surface area contributed by atoms with E-state index in [-0.39, 0.29) is 24.8 Å². The third-order valence-corrected chi connectivity index (χ3v) is 4.28. The Morgan fingerprint density at radius 1 is 0.900 bits per heavy atom. The molecule has 2 saturated heterocycles. The van der Waals surface area contributed by atoms with Gasteiger partial charge >= 0.3 is 0 Å². The van der Waals surface area contributed by atoms with Crippen molar-refractivity contribution in [2.75, 3.05) is 52.5 Å². The van der Waals surface area contributed by atoms with E-state index in [1.165, 1.54) is 58.3 Å². The van der Waals surface area contributed by atoms with Crippen LogP contribution in [0.5, 0.6) is 0 Å². The molecule has 0 unspecified atom stereocenters. The normalized spacial score (nSPS) is 22.1. The van der Waals surface area contributed by atoms with Crippen LogP contribution in [0.15, 0.2) is 0 Å². The number of nitrogens with two attached hydrogens (primary N) is 1. The Kier molecular flexibility index (Phi) is 12.3. The van der Waals surface area contributed by atoms with Crippen molar-refractivity contribution < 1.29 is 4.74 Å². The molecule has 0 spiro atoms. The summed E-state index contributed by atoms with van der Waals surface area (Å²) >= 11 is 0. The molecule has 0 saturated carbocycles. The van der Waals surface area contributed by atoms with Gasteiger partial charge in [0.05, 0.1) is 13.2 Å². The third-order valence-electron chi connectivity index (χ3n) is 4.28. The molecule has 2 rings (SSSR count). The van der Waals surface area contributed by atoms with E-state index in [4.69, 9.17) is 10.5 Å². The minimum Gasteiger partial charge on any atom is -0.379 e. The summed E-state index contributed by atoms with van der Waals surface area (Å²) in [5.41, 5.74) is 5.40. The quantitative estimate of drug-likeness (QED) is 0.755. The Hall–Kier alpha value is 0.420. The zero-order chi connectivity index (χ0) is 12.6. The van der Waals surface area contributed by atoms with E-state index in [1.54, 1.807) is 0 Å². The SMILES string of the molecule is Cl.Cl.NCCOCCN1CCC(N2CCCCC2)CC1. The molecule has 20 heavy (non-hydrogen) atoms. The monoisotopic (exact) mass is 327 g/mol. The van der Waals surface area contributed by atoms with Crippen molar-refractivity contribution in [3.8, 4) is 0 Å². The van der Waals surface area contributed by atoms with E-state index in [9.17, 15) is 0 Å². The highest BCUT2D eigenvalue weighted by atomic mass is 35.5. The summed E-state index contributed by atoms with van der Waals surface area (Å²) in [6.45, 7) is 8.41. The van der Waals surface area contributed by atoms with E-state index in [1.807, 2.05) is 0 Å². The molecule has 0 aromatic carbocycles. The Labute approximate surface area is 136 Å². The second-order valence-corrected chi connectivity index (χ2v) is 5.57. The predicted octanol–water partition coefficient (Wildman–Crippen LogP) is 1.76. The molecule has 6 heteroatoms. The summed E-state index contributed by atoms with van der Waals surface area (Å²) in [5.74, 6) is 0. The van der Waals surface area contributed by atoms with Crippen molar-refractivity contribution >= 4 is 24.8 Å². The highest BCUT2D eigenvalue weighted by Crippen LogP contribution is 2.20. The lowest BCUT2D eigenvalue weighted by molar-refractivity contribution is 0.0661. The van der Waals surface area contributed by atoms with Crippen LogP contribution in [0, 0.1) is 0 Å². The van der Waals surface area contributed by atoms with E-state index in [0.29, 0.717) is 13.2 Å². The van der Waals surface area contributed by atoms with Gasteiger partial charge in [-0.2, -0.15) is 0 Å². The summed E-state index contributed by atoms with van der Waals surface area (Å²) in [6.07, 6.45) is 6.95. The highest BCUT2D eigenvalue weighted by molar-refractivity contribution is 5.85. The van der Waals surface area contributed by atoms with Gasteiger partial charge in [-0.15, -0.1) is 24.8 Å². The first-order valence-electron chi connectivity index (χ1n) is 7.64. The molecule has 0 aromatic heterocycles. The predicted molar refractivity (Wildman–Crippen MR) is 89.3 cm³/mol. The van der Waals surface area contributed by atoms with Gasteiger partial charge in [-0.1, -0.05) is 6.42 Å². The maximum atomic E-state index is 5.45. The van der Waals surface area contributed by atoms with Gasteiger partial charge in [0, 0.05) is 19.1 Å². The average Bonchev–Trinajstić information content (AvgIpc) is 2.45. The number of halogens is 2. The summed E-state index contributed by atoms with van der Waals surface area (Å²) in [4.78, 5) is 5.27. The van der Waals surface area contributed by atoms with Gasteiger partial charge in [0.1, 0.15) is 0 Å². The highest BCUT2D eigenvalue weighted by Gasteiger charge is 2.25. The van der Waals surface area contributed by atoms with Crippen LogP contribution in [0.2, 0.25) is 0 Å². The minimum absolute atomic E-state index is 0. The van der Waals surface area contributed by atoms with Crippen LogP contribution >= 0.6 is 24.8 Å². The van der Waals surface area contributed by atoms with Crippen LogP contribution in [0.4, 0.5) is 0 Å². The molecule has 0 aromatic rings. The minimum atomic E-state index is 0. The second kappa shape index (κ2) is 12.0. The van der Waals surface area contributed by atoms with E-state index < -0.39 is 0 Å². The number of piperidine rings is 2. The summed E-state index contributed by atoms with van der Waals surface area (Å²) < 4.78 is 5.45. The van der Waals surface area contributed by atoms with Crippen molar-refractivity contribution in [1.29, 1.82) is 0 Å². The van der Waals surface area contributed by atoms with Gasteiger partial charge < -0.3 is 20.3 Å². The van der Waals surface area contributed by atoms with Crippen LogP contribution in [-0.2, 0) is 4.74 Å². The Morgan fingerprint density at radius 2 is 1.55 bits per heavy atom. The number of ether oxygens (including phenoxy) is 1. The third kappa shape index (κ3) is 6.92. The molecule has 2 aliphatic rings. The van der Waals surface area contributed by atoms with Crippen LogP contribution in [0.1, 0.15) is 32.1 Å². The average molecular weight is 328 g/mol. The molecule has 4 nitrogen and oxygen atoms in total. The molecular weight excluding hydrogens is 297 g/mol. The molecule has 0 atom stereocenters. The standard InChI is InChI=1S/C14H29N3O.2ClH/c15-6-12-18-13-11-16-9-4-14(5-10-16)17-7-2-1-3-8-17;;/h14H,1-13,15H2;2*1H. The summed E-state index contributed by atoms with van der Waals surface area (Å²) in [7, 11) is 0. The van der Waals surface area contributed by atoms with Crippen molar-refractivity contribution in [2.24, 2.45) is 5.73 Å². The van der Waals surface area contributed by atoms with Gasteiger partial charge in [-0.25, -0.2) is 0 Å². The molecule has 122 valence electrons. The topological polar surface area (TPSA) is 41.7 Å². The zero-order valence-corrected chi connectivity index (χ0v) is 14.1. The van der Waals surface area contributed by atoms with Crippen molar-refractivity contribution in [1.82, 2.24) is 9.80 Å². The van der Waals surface area contributed by atoms with Gasteiger partial charge in [-0.3, -0.25) is 0 Å². The fraction of sp³-hybridized carbons (Fsp3) is 1.00.